The molecule has 0 saturated carbocycles. The summed E-state index contributed by atoms with van der Waals surface area (Å²) < 4.78 is 37.3. The van der Waals surface area contributed by atoms with Crippen molar-refractivity contribution in [1.29, 1.82) is 0 Å². The van der Waals surface area contributed by atoms with Gasteiger partial charge in [-0.15, -0.1) is 5.10 Å². The highest BCUT2D eigenvalue weighted by atomic mass is 19.4. The maximum absolute atomic E-state index is 12.4. The fourth-order valence-electron chi connectivity index (χ4n) is 2.48. The van der Waals surface area contributed by atoms with Crippen molar-refractivity contribution in [2.24, 2.45) is 5.92 Å². The van der Waals surface area contributed by atoms with Crippen LogP contribution in [0.2, 0.25) is 0 Å². The molecule has 0 atom stereocenters. The maximum Gasteiger partial charge on any atom is 0.433 e. The summed E-state index contributed by atoms with van der Waals surface area (Å²) in [7, 11) is 0. The SMILES string of the molecule is Cc1ccc(N2CC(CNC(=O)c3ccc(C(F)(F)F)nc3)C2)nn1. The van der Waals surface area contributed by atoms with Gasteiger partial charge in [0.05, 0.1) is 11.3 Å². The molecule has 1 aliphatic rings. The van der Waals surface area contributed by atoms with Gasteiger partial charge in [-0.05, 0) is 31.2 Å². The molecule has 2 aromatic heterocycles. The lowest BCUT2D eigenvalue weighted by Gasteiger charge is -2.39. The van der Waals surface area contributed by atoms with Crippen LogP contribution in [-0.2, 0) is 6.18 Å². The minimum Gasteiger partial charge on any atom is -0.354 e. The molecule has 3 rings (SSSR count). The van der Waals surface area contributed by atoms with Gasteiger partial charge in [-0.25, -0.2) is 0 Å². The number of pyridine rings is 1. The third-order valence-corrected chi connectivity index (χ3v) is 3.93. The minimum absolute atomic E-state index is 0.105. The highest BCUT2D eigenvalue weighted by Crippen LogP contribution is 2.27. The van der Waals surface area contributed by atoms with Crippen LogP contribution in [0.4, 0.5) is 19.0 Å². The van der Waals surface area contributed by atoms with E-state index in [9.17, 15) is 18.0 Å². The zero-order valence-corrected chi connectivity index (χ0v) is 13.4. The number of nitrogens with zero attached hydrogens (tertiary/aromatic N) is 4. The van der Waals surface area contributed by atoms with Crippen molar-refractivity contribution in [3.05, 3.63) is 47.4 Å². The van der Waals surface area contributed by atoms with Crippen molar-refractivity contribution >= 4 is 11.7 Å². The molecule has 0 spiro atoms. The van der Waals surface area contributed by atoms with E-state index in [1.165, 1.54) is 0 Å². The molecule has 0 unspecified atom stereocenters. The number of nitrogens with one attached hydrogen (secondary N) is 1. The minimum atomic E-state index is -4.51. The molecule has 1 N–H and O–H groups in total. The summed E-state index contributed by atoms with van der Waals surface area (Å²) in [6, 6.07) is 5.70. The number of anilines is 1. The normalized spacial score (nSPS) is 15.0. The van der Waals surface area contributed by atoms with Gasteiger partial charge in [-0.2, -0.15) is 18.3 Å². The number of rotatable bonds is 4. The number of carbonyl (C=O) groups is 1. The molecule has 6 nitrogen and oxygen atoms in total. The van der Waals surface area contributed by atoms with E-state index in [-0.39, 0.29) is 11.5 Å². The summed E-state index contributed by atoms with van der Waals surface area (Å²) in [5.74, 6) is 0.615. The Morgan fingerprint density at radius 2 is 2.00 bits per heavy atom. The van der Waals surface area contributed by atoms with Crippen LogP contribution in [0.1, 0.15) is 21.7 Å². The van der Waals surface area contributed by atoms with Crippen LogP contribution in [0.25, 0.3) is 0 Å². The van der Waals surface area contributed by atoms with Crippen LogP contribution in [0.15, 0.2) is 30.5 Å². The molecule has 1 aliphatic heterocycles. The Bertz CT molecular complexity index is 740. The zero-order chi connectivity index (χ0) is 18.0. The Morgan fingerprint density at radius 3 is 2.56 bits per heavy atom. The van der Waals surface area contributed by atoms with E-state index >= 15 is 0 Å². The van der Waals surface area contributed by atoms with E-state index in [0.717, 1.165) is 42.9 Å². The number of carbonyl (C=O) groups excluding carboxylic acids is 1. The smallest absolute Gasteiger partial charge is 0.354 e. The summed E-state index contributed by atoms with van der Waals surface area (Å²) in [4.78, 5) is 17.3. The van der Waals surface area contributed by atoms with E-state index in [1.807, 2.05) is 24.0 Å². The Hall–Kier alpha value is -2.71. The molecule has 0 bridgehead atoms. The molecular weight excluding hydrogens is 335 g/mol. The lowest BCUT2D eigenvalue weighted by Crippen LogP contribution is -2.51. The van der Waals surface area contributed by atoms with Gasteiger partial charge in [0.2, 0.25) is 0 Å². The molecule has 9 heteroatoms. The van der Waals surface area contributed by atoms with Crippen molar-refractivity contribution in [2.75, 3.05) is 24.5 Å². The van der Waals surface area contributed by atoms with E-state index in [4.69, 9.17) is 0 Å². The molecule has 0 aromatic carbocycles. The van der Waals surface area contributed by atoms with Crippen molar-refractivity contribution in [2.45, 2.75) is 13.1 Å². The van der Waals surface area contributed by atoms with E-state index in [2.05, 4.69) is 20.5 Å². The highest BCUT2D eigenvalue weighted by Gasteiger charge is 2.32. The van der Waals surface area contributed by atoms with Gasteiger partial charge in [0, 0.05) is 31.7 Å². The molecular formula is C16H16F3N5O. The van der Waals surface area contributed by atoms with E-state index in [0.29, 0.717) is 6.54 Å². The van der Waals surface area contributed by atoms with Gasteiger partial charge in [0.15, 0.2) is 5.82 Å². The van der Waals surface area contributed by atoms with Gasteiger partial charge >= 0.3 is 6.18 Å². The first kappa shape index (κ1) is 17.1. The number of hydrogen-bond acceptors (Lipinski definition) is 5. The second-order valence-corrected chi connectivity index (χ2v) is 5.94. The second kappa shape index (κ2) is 6.66. The van der Waals surface area contributed by atoms with Crippen molar-refractivity contribution in [3.63, 3.8) is 0 Å². The quantitative estimate of drug-likeness (QED) is 0.913. The van der Waals surface area contributed by atoms with Crippen molar-refractivity contribution in [3.8, 4) is 0 Å². The average molecular weight is 351 g/mol. The van der Waals surface area contributed by atoms with Crippen LogP contribution in [0, 0.1) is 12.8 Å². The lowest BCUT2D eigenvalue weighted by molar-refractivity contribution is -0.141. The van der Waals surface area contributed by atoms with Crippen molar-refractivity contribution < 1.29 is 18.0 Å². The Kier molecular flexibility index (Phi) is 4.56. The van der Waals surface area contributed by atoms with E-state index < -0.39 is 17.8 Å². The Labute approximate surface area is 142 Å². The Balaban J connectivity index is 1.47. The summed E-state index contributed by atoms with van der Waals surface area (Å²) in [6.45, 7) is 3.78. The standard InChI is InChI=1S/C16H16F3N5O/c1-10-2-5-14(23-22-10)24-8-11(9-24)6-21-15(25)12-3-4-13(20-7-12)16(17,18)19/h2-5,7,11H,6,8-9H2,1H3,(H,21,25). The number of alkyl halides is 3. The summed E-state index contributed by atoms with van der Waals surface area (Å²) in [5, 5.41) is 10.8. The molecule has 1 fully saturated rings. The average Bonchev–Trinajstić information content (AvgIpc) is 2.54. The molecule has 0 aliphatic carbocycles. The van der Waals surface area contributed by atoms with Crippen LogP contribution in [0.3, 0.4) is 0 Å². The number of aryl methyl sites for hydroxylation is 1. The largest absolute Gasteiger partial charge is 0.433 e. The number of hydrogen-bond donors (Lipinski definition) is 1. The van der Waals surface area contributed by atoms with Gasteiger partial charge in [-0.1, -0.05) is 0 Å². The molecule has 2 aromatic rings. The lowest BCUT2D eigenvalue weighted by atomic mass is 10.00. The molecule has 0 radical (unpaired) electrons. The van der Waals surface area contributed by atoms with Crippen molar-refractivity contribution in [1.82, 2.24) is 20.5 Å². The molecule has 1 amide bonds. The second-order valence-electron chi connectivity index (χ2n) is 5.94. The fraction of sp³-hybridized carbons (Fsp3) is 0.375. The van der Waals surface area contributed by atoms with Gasteiger partial charge < -0.3 is 10.2 Å². The van der Waals surface area contributed by atoms with Crippen LogP contribution in [0.5, 0.6) is 0 Å². The number of aromatic nitrogens is 3. The highest BCUT2D eigenvalue weighted by molar-refractivity contribution is 5.93. The van der Waals surface area contributed by atoms with E-state index in [1.54, 1.807) is 0 Å². The maximum atomic E-state index is 12.4. The predicted molar refractivity (Wildman–Crippen MR) is 84.0 cm³/mol. The zero-order valence-electron chi connectivity index (χ0n) is 13.4. The first-order valence-corrected chi connectivity index (χ1v) is 7.69. The molecule has 132 valence electrons. The monoisotopic (exact) mass is 351 g/mol. The van der Waals surface area contributed by atoms with Gasteiger partial charge in [0.1, 0.15) is 5.69 Å². The summed E-state index contributed by atoms with van der Waals surface area (Å²) in [5.41, 5.74) is -0.0651. The van der Waals surface area contributed by atoms with Gasteiger partial charge in [-0.3, -0.25) is 9.78 Å². The van der Waals surface area contributed by atoms with Crippen LogP contribution >= 0.6 is 0 Å². The molecule has 1 saturated heterocycles. The van der Waals surface area contributed by atoms with Gasteiger partial charge in [0.25, 0.3) is 5.91 Å². The molecule has 25 heavy (non-hydrogen) atoms. The first-order chi connectivity index (χ1) is 11.8. The number of halogens is 3. The topological polar surface area (TPSA) is 71.0 Å². The predicted octanol–water partition coefficient (Wildman–Crippen LogP) is 2.07. The third-order valence-electron chi connectivity index (χ3n) is 3.93. The Morgan fingerprint density at radius 1 is 1.24 bits per heavy atom. The van der Waals surface area contributed by atoms with Crippen LogP contribution in [-0.4, -0.2) is 40.7 Å². The fourth-order valence-corrected chi connectivity index (χ4v) is 2.48. The third kappa shape index (κ3) is 4.04. The van der Waals surface area contributed by atoms with Crippen LogP contribution < -0.4 is 10.2 Å². The number of amides is 1. The summed E-state index contributed by atoms with van der Waals surface area (Å²) in [6.07, 6.45) is -3.57. The first-order valence-electron chi connectivity index (χ1n) is 7.69. The molecule has 3 heterocycles. The summed E-state index contributed by atoms with van der Waals surface area (Å²) >= 11 is 0.